The maximum absolute atomic E-state index is 14.1. The van der Waals surface area contributed by atoms with Crippen LogP contribution in [0.4, 0.5) is 24.7 Å². The third-order valence-corrected chi connectivity index (χ3v) is 9.35. The van der Waals surface area contributed by atoms with E-state index in [2.05, 4.69) is 30.4 Å². The Bertz CT molecular complexity index is 1740. The number of aromatic nitrogens is 2. The van der Waals surface area contributed by atoms with Crippen molar-refractivity contribution in [2.75, 3.05) is 43.9 Å². The van der Waals surface area contributed by atoms with Crippen LogP contribution in [-0.4, -0.2) is 70.7 Å². The zero-order valence-electron chi connectivity index (χ0n) is 25.2. The Morgan fingerprint density at radius 3 is 2.64 bits per heavy atom. The highest BCUT2D eigenvalue weighted by Gasteiger charge is 2.34. The van der Waals surface area contributed by atoms with E-state index >= 15 is 0 Å². The van der Waals surface area contributed by atoms with Gasteiger partial charge >= 0.3 is 6.18 Å². The van der Waals surface area contributed by atoms with Crippen molar-refractivity contribution in [2.24, 2.45) is 0 Å². The number of nitrogens with one attached hydrogen (secondary N) is 2. The Labute approximate surface area is 263 Å². The molecule has 8 nitrogen and oxygen atoms in total. The number of likely N-dealkylation sites (N-methyl/N-ethyl adjacent to an activating group) is 1. The number of amides is 1. The number of alkyl halides is 3. The fourth-order valence-electron chi connectivity index (χ4n) is 5.58. The number of anilines is 2. The Morgan fingerprint density at radius 2 is 1.87 bits per heavy atom. The molecule has 45 heavy (non-hydrogen) atoms. The highest BCUT2D eigenvalue weighted by molar-refractivity contribution is 7.18. The van der Waals surface area contributed by atoms with Crippen LogP contribution in [0.15, 0.2) is 48.1 Å². The summed E-state index contributed by atoms with van der Waals surface area (Å²) in [6, 6.07) is 9.54. The average molecular weight is 637 g/mol. The van der Waals surface area contributed by atoms with E-state index in [1.807, 2.05) is 14.0 Å². The smallest absolute Gasteiger partial charge is 0.366 e. The molecule has 6 rings (SSSR count). The number of fused-ring (bicyclic) bond motifs is 1. The molecule has 12 heteroatoms. The summed E-state index contributed by atoms with van der Waals surface area (Å²) >= 11 is 1.39. The van der Waals surface area contributed by atoms with Gasteiger partial charge in [-0.25, -0.2) is 9.97 Å². The summed E-state index contributed by atoms with van der Waals surface area (Å²) in [5, 5.41) is 8.01. The monoisotopic (exact) mass is 636 g/mol. The van der Waals surface area contributed by atoms with Crippen molar-refractivity contribution in [1.29, 1.82) is 0 Å². The molecule has 0 radical (unpaired) electrons. The van der Waals surface area contributed by atoms with Crippen LogP contribution in [0.3, 0.4) is 0 Å². The highest BCUT2D eigenvalue weighted by atomic mass is 32.1. The summed E-state index contributed by atoms with van der Waals surface area (Å²) in [6.07, 6.45) is -0.221. The lowest BCUT2D eigenvalue weighted by atomic mass is 9.97. The van der Waals surface area contributed by atoms with E-state index < -0.39 is 11.7 Å². The predicted molar refractivity (Wildman–Crippen MR) is 170 cm³/mol. The molecule has 4 aromatic rings. The van der Waals surface area contributed by atoms with E-state index in [0.29, 0.717) is 40.7 Å². The standard InChI is InChI=1S/C33H35F3N6O2S/c1-20-4-6-22(16-27(20)40-32(44)25-18-45-30-29(25)37-19-38-31(30)39-24-8-9-24)28(43)15-21-5-7-23(26(14-21)33(34,35)36)17-42-11-3-10-41(2)12-13-42/h4-7,14,16,18-19,24H,3,8-13,15,17H2,1-2H3,(H,40,44)(H,37,38,39). The molecule has 0 atom stereocenters. The van der Waals surface area contributed by atoms with Gasteiger partial charge in [0.2, 0.25) is 0 Å². The molecule has 2 aliphatic rings. The predicted octanol–water partition coefficient (Wildman–Crippen LogP) is 6.41. The van der Waals surface area contributed by atoms with Gasteiger partial charge in [-0.1, -0.05) is 24.3 Å². The second-order valence-corrected chi connectivity index (χ2v) is 12.9. The molecule has 0 bridgehead atoms. The Morgan fingerprint density at radius 1 is 1.04 bits per heavy atom. The van der Waals surface area contributed by atoms with Gasteiger partial charge in [-0.05, 0) is 75.1 Å². The van der Waals surface area contributed by atoms with E-state index in [1.165, 1.54) is 23.7 Å². The maximum Gasteiger partial charge on any atom is 0.416 e. The van der Waals surface area contributed by atoms with Gasteiger partial charge in [0.1, 0.15) is 12.1 Å². The van der Waals surface area contributed by atoms with Gasteiger partial charge in [-0.15, -0.1) is 11.3 Å². The van der Waals surface area contributed by atoms with E-state index in [9.17, 15) is 22.8 Å². The largest absolute Gasteiger partial charge is 0.416 e. The van der Waals surface area contributed by atoms with Crippen molar-refractivity contribution < 1.29 is 22.8 Å². The topological polar surface area (TPSA) is 90.5 Å². The normalized spacial score (nSPS) is 16.5. The lowest BCUT2D eigenvalue weighted by Crippen LogP contribution is -2.29. The number of Topliss-reactive ketones (excluding diaryl/α,β-unsaturated/α-hetero) is 1. The molecule has 3 heterocycles. The van der Waals surface area contributed by atoms with Gasteiger partial charge in [0.05, 0.1) is 21.3 Å². The molecular formula is C33H35F3N6O2S. The highest BCUT2D eigenvalue weighted by Crippen LogP contribution is 2.35. The minimum Gasteiger partial charge on any atom is -0.366 e. The molecule has 1 amide bonds. The molecule has 0 unspecified atom stereocenters. The van der Waals surface area contributed by atoms with Gasteiger partial charge in [0, 0.05) is 48.7 Å². The van der Waals surface area contributed by atoms with Gasteiger partial charge in [0.25, 0.3) is 5.91 Å². The second kappa shape index (κ2) is 12.9. The molecule has 2 aromatic heterocycles. The Balaban J connectivity index is 1.17. The van der Waals surface area contributed by atoms with Crippen LogP contribution in [0.2, 0.25) is 0 Å². The van der Waals surface area contributed by atoms with E-state index in [-0.39, 0.29) is 35.8 Å². The average Bonchev–Trinajstić information content (AvgIpc) is 3.75. The first-order valence-corrected chi connectivity index (χ1v) is 16.0. The molecule has 2 fully saturated rings. The summed E-state index contributed by atoms with van der Waals surface area (Å²) in [6.45, 7) is 5.20. The van der Waals surface area contributed by atoms with Crippen molar-refractivity contribution in [2.45, 2.75) is 51.4 Å². The zero-order chi connectivity index (χ0) is 31.7. The van der Waals surface area contributed by atoms with E-state index in [0.717, 1.165) is 55.2 Å². The molecule has 0 spiro atoms. The lowest BCUT2D eigenvalue weighted by molar-refractivity contribution is -0.138. The van der Waals surface area contributed by atoms with E-state index in [4.69, 9.17) is 0 Å². The van der Waals surface area contributed by atoms with Gasteiger partial charge in [0.15, 0.2) is 5.78 Å². The van der Waals surface area contributed by atoms with Crippen molar-refractivity contribution >= 4 is 44.7 Å². The summed E-state index contributed by atoms with van der Waals surface area (Å²) in [4.78, 5) is 39.5. The minimum atomic E-state index is -4.54. The lowest BCUT2D eigenvalue weighted by Gasteiger charge is -2.23. The first kappa shape index (κ1) is 31.1. The van der Waals surface area contributed by atoms with Crippen LogP contribution >= 0.6 is 11.3 Å². The summed E-state index contributed by atoms with van der Waals surface area (Å²) in [5.41, 5.74) is 2.24. The fourth-order valence-corrected chi connectivity index (χ4v) is 6.53. The molecule has 1 saturated carbocycles. The molecular weight excluding hydrogens is 601 g/mol. The number of benzene rings is 2. The van der Waals surface area contributed by atoms with Crippen LogP contribution in [0, 0.1) is 6.92 Å². The number of hydrogen-bond donors (Lipinski definition) is 2. The van der Waals surface area contributed by atoms with Crippen molar-refractivity contribution in [3.05, 3.63) is 81.5 Å². The Hall–Kier alpha value is -3.87. The fraction of sp³-hybridized carbons (Fsp3) is 0.394. The van der Waals surface area contributed by atoms with Gasteiger partial charge < -0.3 is 15.5 Å². The summed E-state index contributed by atoms with van der Waals surface area (Å²) < 4.78 is 43.2. The van der Waals surface area contributed by atoms with Crippen molar-refractivity contribution in [3.63, 3.8) is 0 Å². The molecule has 1 saturated heterocycles. The quantitative estimate of drug-likeness (QED) is 0.205. The number of thiophene rings is 1. The molecule has 1 aliphatic heterocycles. The second-order valence-electron chi connectivity index (χ2n) is 12.0. The number of carbonyl (C=O) groups is 2. The van der Waals surface area contributed by atoms with Crippen LogP contribution < -0.4 is 10.6 Å². The van der Waals surface area contributed by atoms with Crippen LogP contribution in [0.5, 0.6) is 0 Å². The number of ketones is 1. The summed E-state index contributed by atoms with van der Waals surface area (Å²) in [5.74, 6) is 0.00439. The van der Waals surface area contributed by atoms with Crippen LogP contribution in [0.1, 0.15) is 62.2 Å². The van der Waals surface area contributed by atoms with E-state index in [1.54, 1.807) is 29.6 Å². The number of halogens is 3. The van der Waals surface area contributed by atoms with Gasteiger partial charge in [-0.2, -0.15) is 13.2 Å². The molecule has 2 aromatic carbocycles. The third kappa shape index (κ3) is 7.34. The van der Waals surface area contributed by atoms with Crippen LogP contribution in [-0.2, 0) is 19.1 Å². The Kier molecular flexibility index (Phi) is 8.89. The van der Waals surface area contributed by atoms with Crippen molar-refractivity contribution in [1.82, 2.24) is 19.8 Å². The number of rotatable bonds is 9. The number of carbonyl (C=O) groups excluding carboxylic acids is 2. The van der Waals surface area contributed by atoms with Crippen LogP contribution in [0.25, 0.3) is 10.2 Å². The number of nitrogens with zero attached hydrogens (tertiary/aromatic N) is 4. The summed E-state index contributed by atoms with van der Waals surface area (Å²) in [7, 11) is 2.02. The van der Waals surface area contributed by atoms with Gasteiger partial charge in [-0.3, -0.25) is 14.5 Å². The number of hydrogen-bond acceptors (Lipinski definition) is 8. The van der Waals surface area contributed by atoms with Crippen molar-refractivity contribution in [3.8, 4) is 0 Å². The molecule has 2 N–H and O–H groups in total. The zero-order valence-corrected chi connectivity index (χ0v) is 26.0. The number of aryl methyl sites for hydroxylation is 1. The first-order valence-electron chi connectivity index (χ1n) is 15.1. The first-order chi connectivity index (χ1) is 21.5. The molecule has 1 aliphatic carbocycles. The third-order valence-electron chi connectivity index (χ3n) is 8.37. The molecule has 236 valence electrons. The maximum atomic E-state index is 14.1. The minimum absolute atomic E-state index is 0.197. The SMILES string of the molecule is Cc1ccc(C(=O)Cc2ccc(CN3CCCN(C)CC3)c(C(F)(F)F)c2)cc1NC(=O)c1csc2c(NC3CC3)ncnc12.